The van der Waals surface area contributed by atoms with Crippen molar-refractivity contribution < 1.29 is 23.8 Å². The number of nitrogens with one attached hydrogen (secondary N) is 2. The maximum atomic E-state index is 13.9. The quantitative estimate of drug-likeness (QED) is 0.165. The molecular weight excluding hydrogens is 522 g/mol. The standard InChI is InChI=1S/C34H44F2N2O3/c1-4-9-26(10-5-2)33(40)27-13-8-14-28(19-27)34(41)38-31(18-25-16-29(35)20-30(36)17-25)32(39)22-37-21-24-12-7-11-23(6-3)15-24/h7-8,11-17,19-20,26,31-33,37,39-40H,4-6,9-10,18,21-22H2,1-3H3,(H,38,41)/t31-,32+,33?/m0/s1. The molecular formula is C34H44F2N2O3. The second-order valence-corrected chi connectivity index (χ2v) is 10.8. The van der Waals surface area contributed by atoms with Gasteiger partial charge in [-0.2, -0.15) is 0 Å². The van der Waals surface area contributed by atoms with E-state index in [0.717, 1.165) is 43.7 Å². The van der Waals surface area contributed by atoms with Crippen molar-refractivity contribution in [1.29, 1.82) is 0 Å². The molecule has 0 aliphatic rings. The fraction of sp³-hybridized carbons (Fsp3) is 0.441. The summed E-state index contributed by atoms with van der Waals surface area (Å²) in [6, 6.07) is 17.4. The van der Waals surface area contributed by atoms with Gasteiger partial charge in [0.2, 0.25) is 0 Å². The highest BCUT2D eigenvalue weighted by Crippen LogP contribution is 2.30. The molecule has 4 N–H and O–H groups in total. The molecule has 0 heterocycles. The molecule has 0 aliphatic heterocycles. The molecule has 0 spiro atoms. The van der Waals surface area contributed by atoms with Gasteiger partial charge in [0.15, 0.2) is 0 Å². The number of hydrogen-bond donors (Lipinski definition) is 4. The van der Waals surface area contributed by atoms with Crippen LogP contribution in [0.5, 0.6) is 0 Å². The fourth-order valence-corrected chi connectivity index (χ4v) is 5.32. The third-order valence-corrected chi connectivity index (χ3v) is 7.50. The summed E-state index contributed by atoms with van der Waals surface area (Å²) in [5.74, 6) is -1.77. The van der Waals surface area contributed by atoms with Gasteiger partial charge < -0.3 is 20.8 Å². The number of halogens is 2. The van der Waals surface area contributed by atoms with Gasteiger partial charge in [-0.1, -0.05) is 70.0 Å². The summed E-state index contributed by atoms with van der Waals surface area (Å²) >= 11 is 0. The third-order valence-electron chi connectivity index (χ3n) is 7.50. The second-order valence-electron chi connectivity index (χ2n) is 10.8. The maximum absolute atomic E-state index is 13.9. The van der Waals surface area contributed by atoms with E-state index >= 15 is 0 Å². The van der Waals surface area contributed by atoms with E-state index in [1.54, 1.807) is 18.2 Å². The number of rotatable bonds is 16. The van der Waals surface area contributed by atoms with Crippen molar-refractivity contribution in [1.82, 2.24) is 10.6 Å². The Labute approximate surface area is 243 Å². The molecule has 3 aromatic carbocycles. The number of aliphatic hydroxyl groups excluding tert-OH is 2. The Balaban J connectivity index is 1.76. The Kier molecular flexibility index (Phi) is 12.9. The van der Waals surface area contributed by atoms with E-state index in [4.69, 9.17) is 0 Å². The molecule has 0 aliphatic carbocycles. The topological polar surface area (TPSA) is 81.6 Å². The van der Waals surface area contributed by atoms with Crippen molar-refractivity contribution in [2.24, 2.45) is 5.92 Å². The number of carbonyl (C=O) groups is 1. The summed E-state index contributed by atoms with van der Waals surface area (Å²) in [5, 5.41) is 28.3. The van der Waals surface area contributed by atoms with Crippen molar-refractivity contribution in [3.63, 3.8) is 0 Å². The molecule has 0 radical (unpaired) electrons. The Morgan fingerprint density at radius 2 is 1.49 bits per heavy atom. The molecule has 3 atom stereocenters. The zero-order valence-electron chi connectivity index (χ0n) is 24.4. The monoisotopic (exact) mass is 566 g/mol. The number of hydrogen-bond acceptors (Lipinski definition) is 4. The summed E-state index contributed by atoms with van der Waals surface area (Å²) in [4.78, 5) is 13.4. The smallest absolute Gasteiger partial charge is 0.251 e. The Bertz CT molecular complexity index is 1230. The molecule has 0 aromatic heterocycles. The lowest BCUT2D eigenvalue weighted by molar-refractivity contribution is 0.0827. The van der Waals surface area contributed by atoms with E-state index in [2.05, 4.69) is 43.5 Å². The van der Waals surface area contributed by atoms with Gasteiger partial charge in [-0.05, 0) is 78.1 Å². The van der Waals surface area contributed by atoms with Gasteiger partial charge in [0, 0.05) is 24.7 Å². The van der Waals surface area contributed by atoms with Crippen LogP contribution in [-0.4, -0.2) is 34.8 Å². The van der Waals surface area contributed by atoms with Crippen LogP contribution >= 0.6 is 0 Å². The van der Waals surface area contributed by atoms with E-state index in [-0.39, 0.29) is 18.9 Å². The molecule has 0 saturated carbocycles. The molecule has 7 heteroatoms. The lowest BCUT2D eigenvalue weighted by Gasteiger charge is -2.26. The molecule has 41 heavy (non-hydrogen) atoms. The minimum atomic E-state index is -1.04. The lowest BCUT2D eigenvalue weighted by atomic mass is 9.88. The molecule has 0 saturated heterocycles. The highest BCUT2D eigenvalue weighted by molar-refractivity contribution is 5.94. The van der Waals surface area contributed by atoms with Crippen LogP contribution in [0.1, 0.15) is 85.2 Å². The van der Waals surface area contributed by atoms with E-state index < -0.39 is 35.8 Å². The van der Waals surface area contributed by atoms with E-state index in [0.29, 0.717) is 23.2 Å². The predicted octanol–water partition coefficient (Wildman–Crippen LogP) is 6.27. The minimum Gasteiger partial charge on any atom is -0.390 e. The van der Waals surface area contributed by atoms with Gasteiger partial charge in [-0.3, -0.25) is 4.79 Å². The average molecular weight is 567 g/mol. The second kappa shape index (κ2) is 16.3. The largest absolute Gasteiger partial charge is 0.390 e. The van der Waals surface area contributed by atoms with Crippen LogP contribution in [-0.2, 0) is 19.4 Å². The van der Waals surface area contributed by atoms with Crippen LogP contribution in [0.2, 0.25) is 0 Å². The molecule has 3 rings (SSSR count). The van der Waals surface area contributed by atoms with Crippen molar-refractivity contribution in [3.8, 4) is 0 Å². The first kappa shape index (κ1) is 32.4. The number of carbonyl (C=O) groups excluding carboxylic acids is 1. The van der Waals surface area contributed by atoms with Crippen molar-refractivity contribution >= 4 is 5.91 Å². The molecule has 222 valence electrons. The summed E-state index contributed by atoms with van der Waals surface area (Å²) in [6.45, 7) is 6.95. The van der Waals surface area contributed by atoms with E-state index in [1.807, 2.05) is 18.2 Å². The normalized spacial score (nSPS) is 13.7. The van der Waals surface area contributed by atoms with Gasteiger partial charge in [-0.25, -0.2) is 8.78 Å². The SMILES string of the molecule is CCCC(CCC)C(O)c1cccc(C(=O)N[C@@H](Cc2cc(F)cc(F)c2)[C@H](O)CNCc2cccc(CC)c2)c1. The maximum Gasteiger partial charge on any atom is 0.251 e. The minimum absolute atomic E-state index is 0.0337. The molecule has 5 nitrogen and oxygen atoms in total. The summed E-state index contributed by atoms with van der Waals surface area (Å²) in [5.41, 5.74) is 3.63. The summed E-state index contributed by atoms with van der Waals surface area (Å²) in [7, 11) is 0. The predicted molar refractivity (Wildman–Crippen MR) is 160 cm³/mol. The summed E-state index contributed by atoms with van der Waals surface area (Å²) in [6.07, 6.45) is 2.93. The first-order chi connectivity index (χ1) is 19.7. The highest BCUT2D eigenvalue weighted by Gasteiger charge is 2.25. The first-order valence-electron chi connectivity index (χ1n) is 14.7. The molecule has 0 bridgehead atoms. The van der Waals surface area contributed by atoms with Crippen LogP contribution in [0.3, 0.4) is 0 Å². The molecule has 1 amide bonds. The van der Waals surface area contributed by atoms with Gasteiger partial charge >= 0.3 is 0 Å². The van der Waals surface area contributed by atoms with Gasteiger partial charge in [0.1, 0.15) is 11.6 Å². The van der Waals surface area contributed by atoms with Crippen LogP contribution in [0.15, 0.2) is 66.7 Å². The van der Waals surface area contributed by atoms with E-state index in [1.165, 1.54) is 17.7 Å². The molecule has 0 fully saturated rings. The lowest BCUT2D eigenvalue weighted by Crippen LogP contribution is -2.48. The summed E-state index contributed by atoms with van der Waals surface area (Å²) < 4.78 is 27.9. The van der Waals surface area contributed by atoms with Crippen LogP contribution < -0.4 is 10.6 Å². The Morgan fingerprint density at radius 1 is 0.829 bits per heavy atom. The molecule has 3 aromatic rings. The Hall–Kier alpha value is -3.13. The van der Waals surface area contributed by atoms with Crippen LogP contribution in [0.25, 0.3) is 0 Å². The van der Waals surface area contributed by atoms with Crippen molar-refractivity contribution in [2.75, 3.05) is 6.54 Å². The van der Waals surface area contributed by atoms with Crippen LogP contribution in [0.4, 0.5) is 8.78 Å². The zero-order chi connectivity index (χ0) is 29.8. The highest BCUT2D eigenvalue weighted by atomic mass is 19.1. The third kappa shape index (κ3) is 10.0. The van der Waals surface area contributed by atoms with Crippen molar-refractivity contribution in [3.05, 3.63) is 106 Å². The Morgan fingerprint density at radius 3 is 2.15 bits per heavy atom. The van der Waals surface area contributed by atoms with Crippen LogP contribution in [0, 0.1) is 17.6 Å². The number of benzene rings is 3. The zero-order valence-corrected chi connectivity index (χ0v) is 24.4. The number of aliphatic hydroxyl groups is 2. The fourth-order valence-electron chi connectivity index (χ4n) is 5.32. The van der Waals surface area contributed by atoms with Gasteiger partial charge in [-0.15, -0.1) is 0 Å². The number of aryl methyl sites for hydroxylation is 1. The van der Waals surface area contributed by atoms with Gasteiger partial charge in [0.05, 0.1) is 18.2 Å². The number of amides is 1. The van der Waals surface area contributed by atoms with Gasteiger partial charge in [0.25, 0.3) is 5.91 Å². The van der Waals surface area contributed by atoms with E-state index in [9.17, 15) is 23.8 Å². The molecule has 1 unspecified atom stereocenters. The van der Waals surface area contributed by atoms with Crippen molar-refractivity contribution in [2.45, 2.75) is 84.1 Å². The first-order valence-corrected chi connectivity index (χ1v) is 14.7. The average Bonchev–Trinajstić information content (AvgIpc) is 2.96.